The maximum absolute atomic E-state index is 5.29. The van der Waals surface area contributed by atoms with Gasteiger partial charge >= 0.3 is 6.01 Å². The maximum atomic E-state index is 5.29. The van der Waals surface area contributed by atoms with Crippen molar-refractivity contribution in [2.75, 3.05) is 30.4 Å². The first kappa shape index (κ1) is 18.2. The van der Waals surface area contributed by atoms with Gasteiger partial charge in [-0.25, -0.2) is 4.68 Å². The van der Waals surface area contributed by atoms with Crippen LogP contribution in [0.5, 0.6) is 6.01 Å². The van der Waals surface area contributed by atoms with Crippen molar-refractivity contribution in [1.82, 2.24) is 24.7 Å². The topological polar surface area (TPSA) is 81.0 Å². The van der Waals surface area contributed by atoms with E-state index in [2.05, 4.69) is 30.3 Å². The molecule has 28 heavy (non-hydrogen) atoms. The molecule has 3 heterocycles. The van der Waals surface area contributed by atoms with Crippen LogP contribution in [0.1, 0.15) is 31.2 Å². The van der Waals surface area contributed by atoms with Gasteiger partial charge in [-0.05, 0) is 25.0 Å². The third kappa shape index (κ3) is 4.39. The fourth-order valence-corrected chi connectivity index (χ4v) is 3.28. The Morgan fingerprint density at radius 1 is 1.00 bits per heavy atom. The number of anilines is 2. The molecule has 1 N–H and O–H groups in total. The summed E-state index contributed by atoms with van der Waals surface area (Å²) in [4.78, 5) is 15.6. The standard InChI is InChI=1S/C20H25N7O/c1-28-20-24-18(23-19(25-20)26-11-7-2-3-8-12-26)21-13-16-14-22-27(15-16)17-9-5-4-6-10-17/h4-6,9-10,14-15H,2-3,7-8,11-13H2,1H3,(H,21,23,24,25). The van der Waals surface area contributed by atoms with Crippen molar-refractivity contribution in [3.63, 3.8) is 0 Å². The summed E-state index contributed by atoms with van der Waals surface area (Å²) < 4.78 is 7.14. The van der Waals surface area contributed by atoms with Gasteiger partial charge in [-0.3, -0.25) is 0 Å². The Bertz CT molecular complexity index is 889. The van der Waals surface area contributed by atoms with E-state index in [4.69, 9.17) is 4.74 Å². The predicted octanol–water partition coefficient (Wildman–Crippen LogP) is 3.06. The second kappa shape index (κ2) is 8.69. The molecule has 146 valence electrons. The number of methoxy groups -OCH3 is 1. The van der Waals surface area contributed by atoms with Gasteiger partial charge in [-0.1, -0.05) is 31.0 Å². The molecule has 8 nitrogen and oxygen atoms in total. The van der Waals surface area contributed by atoms with Gasteiger partial charge in [0.05, 0.1) is 19.0 Å². The summed E-state index contributed by atoms with van der Waals surface area (Å²) in [6, 6.07) is 10.4. The van der Waals surface area contributed by atoms with Gasteiger partial charge in [-0.2, -0.15) is 20.1 Å². The summed E-state index contributed by atoms with van der Waals surface area (Å²) in [6.45, 7) is 2.51. The highest BCUT2D eigenvalue weighted by Gasteiger charge is 2.16. The molecule has 3 aromatic rings. The molecule has 8 heteroatoms. The van der Waals surface area contributed by atoms with Crippen LogP contribution in [0.15, 0.2) is 42.7 Å². The minimum absolute atomic E-state index is 0.330. The van der Waals surface area contributed by atoms with Gasteiger partial charge in [0.2, 0.25) is 11.9 Å². The number of benzene rings is 1. The number of para-hydroxylation sites is 1. The lowest BCUT2D eigenvalue weighted by molar-refractivity contribution is 0.378. The van der Waals surface area contributed by atoms with Gasteiger partial charge in [0.25, 0.3) is 0 Å². The van der Waals surface area contributed by atoms with Crippen molar-refractivity contribution < 1.29 is 4.74 Å². The van der Waals surface area contributed by atoms with E-state index in [1.54, 1.807) is 7.11 Å². The number of aromatic nitrogens is 5. The van der Waals surface area contributed by atoms with Crippen molar-refractivity contribution in [2.45, 2.75) is 32.2 Å². The van der Waals surface area contributed by atoms with Crippen molar-refractivity contribution in [1.29, 1.82) is 0 Å². The normalized spacial score (nSPS) is 14.5. The first-order valence-electron chi connectivity index (χ1n) is 9.70. The minimum atomic E-state index is 0.330. The van der Waals surface area contributed by atoms with Gasteiger partial charge in [0.1, 0.15) is 0 Å². The van der Waals surface area contributed by atoms with Crippen LogP contribution < -0.4 is 15.0 Å². The van der Waals surface area contributed by atoms with E-state index in [0.717, 1.165) is 37.2 Å². The third-order valence-corrected chi connectivity index (χ3v) is 4.78. The molecule has 1 aromatic carbocycles. The van der Waals surface area contributed by atoms with Gasteiger partial charge < -0.3 is 15.0 Å². The van der Waals surface area contributed by atoms with Crippen LogP contribution in [0.2, 0.25) is 0 Å². The van der Waals surface area contributed by atoms with Crippen molar-refractivity contribution in [3.05, 3.63) is 48.3 Å². The molecular formula is C20H25N7O. The minimum Gasteiger partial charge on any atom is -0.467 e. The first-order chi connectivity index (χ1) is 13.8. The van der Waals surface area contributed by atoms with E-state index in [0.29, 0.717) is 24.5 Å². The van der Waals surface area contributed by atoms with Crippen molar-refractivity contribution in [3.8, 4) is 11.7 Å². The Morgan fingerprint density at radius 3 is 2.54 bits per heavy atom. The lowest BCUT2D eigenvalue weighted by Crippen LogP contribution is -2.26. The number of rotatable bonds is 6. The maximum Gasteiger partial charge on any atom is 0.322 e. The molecule has 0 spiro atoms. The van der Waals surface area contributed by atoms with Crippen LogP contribution in [0, 0.1) is 0 Å². The Morgan fingerprint density at radius 2 is 1.79 bits per heavy atom. The fraction of sp³-hybridized carbons (Fsp3) is 0.400. The molecule has 0 atom stereocenters. The summed E-state index contributed by atoms with van der Waals surface area (Å²) in [5, 5.41) is 7.70. The monoisotopic (exact) mass is 379 g/mol. The van der Waals surface area contributed by atoms with Crippen LogP contribution in [0.4, 0.5) is 11.9 Å². The second-order valence-electron chi connectivity index (χ2n) is 6.83. The summed E-state index contributed by atoms with van der Waals surface area (Å²) in [6.07, 6.45) is 8.68. The molecular weight excluding hydrogens is 354 g/mol. The Labute approximate surface area is 164 Å². The number of ether oxygens (including phenoxy) is 1. The Kier molecular flexibility index (Phi) is 5.65. The van der Waals surface area contributed by atoms with Crippen LogP contribution >= 0.6 is 0 Å². The van der Waals surface area contributed by atoms with Crippen LogP contribution in [0.25, 0.3) is 5.69 Å². The van der Waals surface area contributed by atoms with Crippen molar-refractivity contribution >= 4 is 11.9 Å². The molecule has 4 rings (SSSR count). The van der Waals surface area contributed by atoms with E-state index in [1.807, 2.05) is 47.4 Å². The smallest absolute Gasteiger partial charge is 0.322 e. The number of nitrogens with zero attached hydrogens (tertiary/aromatic N) is 6. The van der Waals surface area contributed by atoms with E-state index in [9.17, 15) is 0 Å². The fourth-order valence-electron chi connectivity index (χ4n) is 3.28. The summed E-state index contributed by atoms with van der Waals surface area (Å²) in [5.74, 6) is 1.19. The molecule has 0 unspecified atom stereocenters. The van der Waals surface area contributed by atoms with E-state index in [-0.39, 0.29) is 0 Å². The highest BCUT2D eigenvalue weighted by molar-refractivity contribution is 5.39. The molecule has 0 bridgehead atoms. The predicted molar refractivity (Wildman–Crippen MR) is 108 cm³/mol. The number of hydrogen-bond donors (Lipinski definition) is 1. The number of nitrogens with one attached hydrogen (secondary N) is 1. The molecule has 1 aliphatic heterocycles. The highest BCUT2D eigenvalue weighted by Crippen LogP contribution is 2.19. The van der Waals surface area contributed by atoms with E-state index >= 15 is 0 Å². The van der Waals surface area contributed by atoms with Crippen molar-refractivity contribution in [2.24, 2.45) is 0 Å². The zero-order chi connectivity index (χ0) is 19.2. The largest absolute Gasteiger partial charge is 0.467 e. The third-order valence-electron chi connectivity index (χ3n) is 4.78. The lowest BCUT2D eigenvalue weighted by Gasteiger charge is -2.20. The molecule has 1 saturated heterocycles. The van der Waals surface area contributed by atoms with Gasteiger partial charge in [0.15, 0.2) is 0 Å². The molecule has 0 radical (unpaired) electrons. The molecule has 2 aromatic heterocycles. The Hall–Kier alpha value is -3.16. The second-order valence-corrected chi connectivity index (χ2v) is 6.83. The summed E-state index contributed by atoms with van der Waals surface area (Å²) in [5.41, 5.74) is 2.07. The Balaban J connectivity index is 1.47. The van der Waals surface area contributed by atoms with E-state index in [1.165, 1.54) is 12.8 Å². The van der Waals surface area contributed by atoms with Gasteiger partial charge in [0, 0.05) is 31.4 Å². The first-order valence-corrected chi connectivity index (χ1v) is 9.70. The molecule has 1 aliphatic rings. The molecule has 0 saturated carbocycles. The highest BCUT2D eigenvalue weighted by atomic mass is 16.5. The average molecular weight is 379 g/mol. The average Bonchev–Trinajstić information content (AvgIpc) is 3.06. The zero-order valence-corrected chi connectivity index (χ0v) is 16.1. The van der Waals surface area contributed by atoms with Gasteiger partial charge in [-0.15, -0.1) is 0 Å². The molecule has 1 fully saturated rings. The molecule has 0 aliphatic carbocycles. The quantitative estimate of drug-likeness (QED) is 0.705. The lowest BCUT2D eigenvalue weighted by atomic mass is 10.2. The van der Waals surface area contributed by atoms with Crippen LogP contribution in [-0.4, -0.2) is 44.9 Å². The van der Waals surface area contributed by atoms with E-state index < -0.39 is 0 Å². The number of hydrogen-bond acceptors (Lipinski definition) is 7. The van der Waals surface area contributed by atoms with Crippen LogP contribution in [0.3, 0.4) is 0 Å². The summed E-state index contributed by atoms with van der Waals surface area (Å²) in [7, 11) is 1.58. The summed E-state index contributed by atoms with van der Waals surface area (Å²) >= 11 is 0. The molecule has 0 amide bonds. The zero-order valence-electron chi connectivity index (χ0n) is 16.1. The SMILES string of the molecule is COc1nc(NCc2cnn(-c3ccccc3)c2)nc(N2CCCCCC2)n1. The van der Waals surface area contributed by atoms with Crippen LogP contribution in [-0.2, 0) is 6.54 Å².